The zero-order valence-electron chi connectivity index (χ0n) is 19.4. The average Bonchev–Trinajstić information content (AvgIpc) is 3.15. The highest BCUT2D eigenvalue weighted by Gasteiger charge is 2.71. The number of fused-ring (bicyclic) bond motifs is 2. The second kappa shape index (κ2) is 9.00. The zero-order chi connectivity index (χ0) is 23.9. The molecule has 1 aromatic rings. The number of likely N-dealkylation sites (tertiary alicyclic amines) is 1. The van der Waals surface area contributed by atoms with E-state index in [2.05, 4.69) is 6.92 Å². The van der Waals surface area contributed by atoms with Crippen LogP contribution < -0.4 is 4.90 Å². The molecule has 5 rings (SSSR count). The number of hydrogen-bond acceptors (Lipinski definition) is 5. The first-order valence-electron chi connectivity index (χ1n) is 12.1. The molecule has 5 atom stereocenters. The number of nitrogens with zero attached hydrogens (tertiary/aromatic N) is 3. The lowest BCUT2D eigenvalue weighted by Crippen LogP contribution is -2.55. The standard InChI is InChI=1S/C26H31N3O5/c1-2-3-13-27-14-8-12-26-21(24(32)29(16-17-30)22(26)25(27)33)20-19(34-26)11-7-15-28(23(20)31)18-9-5-4-6-10-18/h4-12,19-22,30H,2-3,13-17H2,1H3/t19-,20+,21+,22?,26+/m1/s1. The second-order valence-electron chi connectivity index (χ2n) is 9.35. The number of aliphatic hydroxyl groups excluding tert-OH is 1. The maximum atomic E-state index is 13.9. The number of para-hydroxylation sites is 1. The number of aliphatic hydroxyl groups is 1. The molecular weight excluding hydrogens is 434 g/mol. The topological polar surface area (TPSA) is 90.4 Å². The lowest BCUT2D eigenvalue weighted by molar-refractivity contribution is -0.147. The normalized spacial score (nSPS) is 32.5. The van der Waals surface area contributed by atoms with Crippen molar-refractivity contribution >= 4 is 23.4 Å². The summed E-state index contributed by atoms with van der Waals surface area (Å²) in [5.41, 5.74) is -0.481. The first kappa shape index (κ1) is 22.8. The van der Waals surface area contributed by atoms with Gasteiger partial charge in [-0.1, -0.05) is 55.8 Å². The smallest absolute Gasteiger partial charge is 0.249 e. The summed E-state index contributed by atoms with van der Waals surface area (Å²) in [6.07, 6.45) is 8.69. The van der Waals surface area contributed by atoms with Gasteiger partial charge in [0.2, 0.25) is 17.7 Å². The van der Waals surface area contributed by atoms with Gasteiger partial charge in [0.1, 0.15) is 11.6 Å². The summed E-state index contributed by atoms with van der Waals surface area (Å²) in [5.74, 6) is -2.26. The molecule has 4 heterocycles. The highest BCUT2D eigenvalue weighted by atomic mass is 16.5. The summed E-state index contributed by atoms with van der Waals surface area (Å²) in [7, 11) is 0. The van der Waals surface area contributed by atoms with Gasteiger partial charge in [0.15, 0.2) is 0 Å². The molecule has 2 saturated heterocycles. The van der Waals surface area contributed by atoms with Crippen LogP contribution in [-0.2, 0) is 19.1 Å². The Labute approximate surface area is 199 Å². The van der Waals surface area contributed by atoms with Crippen molar-refractivity contribution in [3.05, 3.63) is 54.6 Å². The van der Waals surface area contributed by atoms with E-state index in [0.29, 0.717) is 19.6 Å². The number of anilines is 1. The summed E-state index contributed by atoms with van der Waals surface area (Å²) in [5, 5.41) is 9.72. The average molecular weight is 466 g/mol. The molecule has 1 spiro atoms. The number of β-amino-alcohol motifs (C(OH)–C–C–N with tert-alkyl or cyclic N) is 1. The summed E-state index contributed by atoms with van der Waals surface area (Å²) in [6, 6.07) is 8.48. The number of unbranched alkanes of at least 4 members (excludes halogenated alkanes) is 1. The predicted molar refractivity (Wildman–Crippen MR) is 126 cm³/mol. The van der Waals surface area contributed by atoms with E-state index in [1.165, 1.54) is 4.90 Å². The molecular formula is C26H31N3O5. The lowest BCUT2D eigenvalue weighted by Gasteiger charge is -2.35. The third-order valence-corrected chi connectivity index (χ3v) is 7.43. The monoisotopic (exact) mass is 465 g/mol. The molecule has 1 unspecified atom stereocenters. The van der Waals surface area contributed by atoms with Crippen LogP contribution >= 0.6 is 0 Å². The molecule has 0 bridgehead atoms. The van der Waals surface area contributed by atoms with Crippen LogP contribution in [0.2, 0.25) is 0 Å². The van der Waals surface area contributed by atoms with Gasteiger partial charge in [-0.15, -0.1) is 0 Å². The first-order valence-corrected chi connectivity index (χ1v) is 12.1. The highest BCUT2D eigenvalue weighted by Crippen LogP contribution is 2.53. The summed E-state index contributed by atoms with van der Waals surface area (Å²) in [6.45, 7) is 3.23. The van der Waals surface area contributed by atoms with Crippen LogP contribution in [0.1, 0.15) is 19.8 Å². The van der Waals surface area contributed by atoms with E-state index >= 15 is 0 Å². The fraction of sp³-hybridized carbons (Fsp3) is 0.500. The number of amides is 3. The molecule has 0 aromatic heterocycles. The number of rotatable bonds is 6. The molecule has 2 fully saturated rings. The number of carbonyl (C=O) groups excluding carboxylic acids is 3. The molecule has 0 saturated carbocycles. The van der Waals surface area contributed by atoms with Crippen molar-refractivity contribution in [2.75, 3.05) is 37.7 Å². The molecule has 4 aliphatic rings. The van der Waals surface area contributed by atoms with Gasteiger partial charge in [-0.2, -0.15) is 0 Å². The minimum absolute atomic E-state index is 0.0239. The van der Waals surface area contributed by atoms with Gasteiger partial charge >= 0.3 is 0 Å². The Morgan fingerprint density at radius 2 is 1.82 bits per heavy atom. The first-order chi connectivity index (χ1) is 16.5. The Hall–Kier alpha value is -2.97. The van der Waals surface area contributed by atoms with Crippen molar-refractivity contribution in [2.45, 2.75) is 37.5 Å². The van der Waals surface area contributed by atoms with Gasteiger partial charge in [-0.05, 0) is 18.6 Å². The highest BCUT2D eigenvalue weighted by molar-refractivity contribution is 6.03. The Balaban J connectivity index is 1.57. The Morgan fingerprint density at radius 1 is 1.03 bits per heavy atom. The molecule has 0 radical (unpaired) electrons. The van der Waals surface area contributed by atoms with Crippen molar-refractivity contribution in [1.82, 2.24) is 9.80 Å². The maximum absolute atomic E-state index is 13.9. The fourth-order valence-electron chi connectivity index (χ4n) is 5.92. The van der Waals surface area contributed by atoms with Crippen LogP contribution in [0.15, 0.2) is 54.6 Å². The zero-order valence-corrected chi connectivity index (χ0v) is 19.4. The number of benzene rings is 1. The Morgan fingerprint density at radius 3 is 2.56 bits per heavy atom. The Bertz CT molecular complexity index is 1020. The number of ether oxygens (including phenoxy) is 1. The van der Waals surface area contributed by atoms with E-state index in [4.69, 9.17) is 4.74 Å². The minimum Gasteiger partial charge on any atom is -0.395 e. The van der Waals surface area contributed by atoms with Crippen LogP contribution in [-0.4, -0.2) is 83.2 Å². The van der Waals surface area contributed by atoms with Crippen LogP contribution in [0.4, 0.5) is 5.69 Å². The minimum atomic E-state index is -1.24. The third-order valence-electron chi connectivity index (χ3n) is 7.43. The molecule has 4 aliphatic heterocycles. The van der Waals surface area contributed by atoms with Gasteiger partial charge < -0.3 is 24.5 Å². The number of hydrogen-bond donors (Lipinski definition) is 1. The predicted octanol–water partition coefficient (Wildman–Crippen LogP) is 1.36. The molecule has 1 N–H and O–H groups in total. The SMILES string of the molecule is CCCCN1CC=C[C@]23O[C@@H]4C=CCN(c5ccccc5)C(=O)[C@@H]4[C@H]2C(=O)N(CCO)C3C1=O. The quantitative estimate of drug-likeness (QED) is 0.641. The molecule has 8 heteroatoms. The molecule has 180 valence electrons. The third kappa shape index (κ3) is 3.39. The van der Waals surface area contributed by atoms with Crippen molar-refractivity contribution in [2.24, 2.45) is 11.8 Å². The summed E-state index contributed by atoms with van der Waals surface area (Å²) >= 11 is 0. The molecule has 3 amide bonds. The lowest BCUT2D eigenvalue weighted by atomic mass is 9.77. The molecule has 8 nitrogen and oxygen atoms in total. The van der Waals surface area contributed by atoms with Crippen molar-refractivity contribution in [3.63, 3.8) is 0 Å². The largest absolute Gasteiger partial charge is 0.395 e. The van der Waals surface area contributed by atoms with Crippen molar-refractivity contribution < 1.29 is 24.2 Å². The van der Waals surface area contributed by atoms with Crippen LogP contribution in [0.3, 0.4) is 0 Å². The Kier molecular flexibility index (Phi) is 6.04. The van der Waals surface area contributed by atoms with Crippen molar-refractivity contribution in [1.29, 1.82) is 0 Å². The van der Waals surface area contributed by atoms with Gasteiger partial charge in [-0.3, -0.25) is 14.4 Å². The molecule has 1 aromatic carbocycles. The van der Waals surface area contributed by atoms with Crippen molar-refractivity contribution in [3.8, 4) is 0 Å². The van der Waals surface area contributed by atoms with Gasteiger partial charge in [0.05, 0.1) is 24.5 Å². The van der Waals surface area contributed by atoms with E-state index < -0.39 is 29.6 Å². The van der Waals surface area contributed by atoms with Gasteiger partial charge in [0.25, 0.3) is 0 Å². The van der Waals surface area contributed by atoms with E-state index in [9.17, 15) is 19.5 Å². The fourth-order valence-corrected chi connectivity index (χ4v) is 5.92. The van der Waals surface area contributed by atoms with E-state index in [-0.39, 0.29) is 30.9 Å². The maximum Gasteiger partial charge on any atom is 0.249 e. The van der Waals surface area contributed by atoms with Crippen LogP contribution in [0.5, 0.6) is 0 Å². The number of carbonyl (C=O) groups is 3. The second-order valence-corrected chi connectivity index (χ2v) is 9.35. The van der Waals surface area contributed by atoms with E-state index in [0.717, 1.165) is 18.5 Å². The van der Waals surface area contributed by atoms with E-state index in [1.807, 2.05) is 54.6 Å². The molecule has 34 heavy (non-hydrogen) atoms. The van der Waals surface area contributed by atoms with E-state index in [1.54, 1.807) is 9.80 Å². The summed E-state index contributed by atoms with van der Waals surface area (Å²) < 4.78 is 6.55. The van der Waals surface area contributed by atoms with Crippen LogP contribution in [0, 0.1) is 11.8 Å². The van der Waals surface area contributed by atoms with Gasteiger partial charge in [0, 0.05) is 31.9 Å². The summed E-state index contributed by atoms with van der Waals surface area (Å²) in [4.78, 5) is 46.3. The van der Waals surface area contributed by atoms with Crippen LogP contribution in [0.25, 0.3) is 0 Å². The van der Waals surface area contributed by atoms with Gasteiger partial charge in [-0.25, -0.2) is 0 Å². The molecule has 0 aliphatic carbocycles.